The Balaban J connectivity index is 4.17. The predicted molar refractivity (Wildman–Crippen MR) is 154 cm³/mol. The van der Waals surface area contributed by atoms with Gasteiger partial charge in [-0.2, -0.15) is 0 Å². The number of alkyl carbamates (subject to hydrolysis) is 1. The summed E-state index contributed by atoms with van der Waals surface area (Å²) < 4.78 is 22.6. The molecule has 0 bridgehead atoms. The van der Waals surface area contributed by atoms with E-state index in [1.54, 1.807) is 0 Å². The summed E-state index contributed by atoms with van der Waals surface area (Å²) in [6, 6.07) is 0. The predicted octanol–water partition coefficient (Wildman–Crippen LogP) is 6.70. The van der Waals surface area contributed by atoms with E-state index in [0.29, 0.717) is 26.2 Å². The molecule has 226 valence electrons. The first-order valence-corrected chi connectivity index (χ1v) is 15.3. The molecule has 1 N–H and O–H groups in total. The quantitative estimate of drug-likeness (QED) is 0.0699. The molecule has 1 amide bonds. The molecule has 0 aliphatic heterocycles. The molecule has 8 heteroatoms. The van der Waals surface area contributed by atoms with Crippen LogP contribution in [0.25, 0.3) is 0 Å². The van der Waals surface area contributed by atoms with Crippen molar-refractivity contribution in [2.75, 3.05) is 53.6 Å². The minimum Gasteiger partial charge on any atom is -0.465 e. The smallest absolute Gasteiger partial charge is 0.407 e. The number of ether oxygens (including phenoxy) is 4. The van der Waals surface area contributed by atoms with E-state index >= 15 is 0 Å². The van der Waals surface area contributed by atoms with Crippen LogP contribution in [0, 0.1) is 5.92 Å². The molecule has 0 spiro atoms. The Hall–Kier alpha value is -1.38. The van der Waals surface area contributed by atoms with Gasteiger partial charge in [0, 0.05) is 32.1 Å². The molecule has 1 atom stereocenters. The van der Waals surface area contributed by atoms with Gasteiger partial charge in [0.15, 0.2) is 6.29 Å². The average Bonchev–Trinajstić information content (AvgIpc) is 2.90. The van der Waals surface area contributed by atoms with Crippen LogP contribution in [0.15, 0.2) is 0 Å². The molecule has 0 aliphatic carbocycles. The van der Waals surface area contributed by atoms with E-state index in [0.717, 1.165) is 25.8 Å². The summed E-state index contributed by atoms with van der Waals surface area (Å²) in [7, 11) is 3.99. The fourth-order valence-corrected chi connectivity index (χ4v) is 3.86. The Morgan fingerprint density at radius 2 is 1.26 bits per heavy atom. The van der Waals surface area contributed by atoms with Gasteiger partial charge in [-0.05, 0) is 39.9 Å². The van der Waals surface area contributed by atoms with Crippen molar-refractivity contribution >= 4 is 12.1 Å². The number of nitrogens with one attached hydrogen (secondary N) is 1. The monoisotopic (exact) mass is 544 g/mol. The molecular weight excluding hydrogens is 484 g/mol. The maximum atomic E-state index is 12.3. The van der Waals surface area contributed by atoms with E-state index in [4.69, 9.17) is 18.9 Å². The molecule has 0 aromatic rings. The highest BCUT2D eigenvalue weighted by molar-refractivity contribution is 5.69. The number of esters is 1. The van der Waals surface area contributed by atoms with Gasteiger partial charge in [-0.15, -0.1) is 0 Å². The van der Waals surface area contributed by atoms with Crippen molar-refractivity contribution in [1.82, 2.24) is 10.2 Å². The zero-order chi connectivity index (χ0) is 28.3. The molecule has 1 unspecified atom stereocenters. The molecule has 0 fully saturated rings. The average molecular weight is 545 g/mol. The van der Waals surface area contributed by atoms with Crippen LogP contribution < -0.4 is 5.32 Å². The minimum absolute atomic E-state index is 0.0739. The second kappa shape index (κ2) is 27.2. The lowest BCUT2D eigenvalue weighted by Gasteiger charge is -2.19. The Bertz CT molecular complexity index is 529. The summed E-state index contributed by atoms with van der Waals surface area (Å²) in [5.74, 6) is -0.350. The Labute approximate surface area is 233 Å². The summed E-state index contributed by atoms with van der Waals surface area (Å²) in [5, 5.41) is 2.73. The second-order valence-electron chi connectivity index (χ2n) is 10.7. The third-order valence-electron chi connectivity index (χ3n) is 6.27. The summed E-state index contributed by atoms with van der Waals surface area (Å²) in [6.45, 7) is 9.56. The van der Waals surface area contributed by atoms with Gasteiger partial charge >= 0.3 is 12.1 Å². The first-order chi connectivity index (χ1) is 18.4. The Morgan fingerprint density at radius 3 is 1.82 bits per heavy atom. The van der Waals surface area contributed by atoms with Crippen LogP contribution in [0.1, 0.15) is 117 Å². The highest BCUT2D eigenvalue weighted by Gasteiger charge is 2.15. The third-order valence-corrected chi connectivity index (χ3v) is 6.27. The topological polar surface area (TPSA) is 86.3 Å². The van der Waals surface area contributed by atoms with E-state index in [1.807, 2.05) is 21.0 Å². The lowest BCUT2D eigenvalue weighted by Crippen LogP contribution is -2.29. The van der Waals surface area contributed by atoms with Crippen molar-refractivity contribution in [2.45, 2.75) is 123 Å². The summed E-state index contributed by atoms with van der Waals surface area (Å²) >= 11 is 0. The molecule has 0 heterocycles. The standard InChI is InChI=1S/C30H60N2O6/c1-6-8-10-12-14-16-23-35-29(36-24-17-15-13-11-9-7-2)20-19-28(33)37-25-27(3)26-38-30(34)31-21-18-22-32(4)5/h27,29H,6-26H2,1-5H3,(H,31,34). The number of rotatable bonds is 27. The van der Waals surface area contributed by atoms with Crippen LogP contribution >= 0.6 is 0 Å². The number of amides is 1. The fourth-order valence-electron chi connectivity index (χ4n) is 3.86. The van der Waals surface area contributed by atoms with Gasteiger partial charge in [0.05, 0.1) is 19.6 Å². The van der Waals surface area contributed by atoms with Crippen molar-refractivity contribution in [3.05, 3.63) is 0 Å². The van der Waals surface area contributed by atoms with E-state index in [-0.39, 0.29) is 37.8 Å². The normalized spacial score (nSPS) is 12.2. The number of carbonyl (C=O) groups is 2. The highest BCUT2D eigenvalue weighted by Crippen LogP contribution is 2.12. The van der Waals surface area contributed by atoms with E-state index in [1.165, 1.54) is 64.2 Å². The lowest BCUT2D eigenvalue weighted by molar-refractivity contribution is -0.160. The Kier molecular flexibility index (Phi) is 26.2. The zero-order valence-electron chi connectivity index (χ0n) is 25.4. The molecule has 8 nitrogen and oxygen atoms in total. The van der Waals surface area contributed by atoms with Crippen LogP contribution in [0.2, 0.25) is 0 Å². The maximum absolute atomic E-state index is 12.3. The van der Waals surface area contributed by atoms with Crippen LogP contribution in [0.3, 0.4) is 0 Å². The molecule has 0 aromatic heterocycles. The van der Waals surface area contributed by atoms with E-state index in [2.05, 4.69) is 24.1 Å². The van der Waals surface area contributed by atoms with Crippen molar-refractivity contribution < 1.29 is 28.5 Å². The minimum atomic E-state index is -0.435. The molecule has 38 heavy (non-hydrogen) atoms. The zero-order valence-corrected chi connectivity index (χ0v) is 25.4. The van der Waals surface area contributed by atoms with Crippen LogP contribution in [-0.2, 0) is 23.7 Å². The van der Waals surface area contributed by atoms with Crippen molar-refractivity contribution in [3.8, 4) is 0 Å². The van der Waals surface area contributed by atoms with Crippen molar-refractivity contribution in [1.29, 1.82) is 0 Å². The van der Waals surface area contributed by atoms with Crippen LogP contribution in [-0.4, -0.2) is 76.9 Å². The molecule has 0 radical (unpaired) electrons. The first kappa shape index (κ1) is 36.6. The molecule has 0 saturated carbocycles. The van der Waals surface area contributed by atoms with Gasteiger partial charge in [0.2, 0.25) is 0 Å². The summed E-state index contributed by atoms with van der Waals surface area (Å²) in [4.78, 5) is 26.2. The van der Waals surface area contributed by atoms with Gasteiger partial charge < -0.3 is 29.2 Å². The fraction of sp³-hybridized carbons (Fsp3) is 0.933. The van der Waals surface area contributed by atoms with Crippen LogP contribution in [0.5, 0.6) is 0 Å². The largest absolute Gasteiger partial charge is 0.465 e. The molecule has 0 rings (SSSR count). The number of hydrogen-bond acceptors (Lipinski definition) is 7. The van der Waals surface area contributed by atoms with Gasteiger partial charge in [-0.3, -0.25) is 4.79 Å². The third kappa shape index (κ3) is 26.2. The SMILES string of the molecule is CCCCCCCCOC(CCC(=O)OCC(C)COC(=O)NCCCN(C)C)OCCCCCCCC. The van der Waals surface area contributed by atoms with Gasteiger partial charge in [0.25, 0.3) is 0 Å². The second-order valence-corrected chi connectivity index (χ2v) is 10.7. The van der Waals surface area contributed by atoms with E-state index < -0.39 is 6.09 Å². The summed E-state index contributed by atoms with van der Waals surface area (Å²) in [6.07, 6.45) is 15.3. The van der Waals surface area contributed by atoms with Gasteiger partial charge in [-0.1, -0.05) is 85.0 Å². The summed E-state index contributed by atoms with van der Waals surface area (Å²) in [5.41, 5.74) is 0. The molecule has 0 aliphatic rings. The van der Waals surface area contributed by atoms with Gasteiger partial charge in [0.1, 0.15) is 0 Å². The number of nitrogens with zero attached hydrogens (tertiary/aromatic N) is 1. The lowest BCUT2D eigenvalue weighted by atomic mass is 10.1. The van der Waals surface area contributed by atoms with E-state index in [9.17, 15) is 9.59 Å². The van der Waals surface area contributed by atoms with Crippen molar-refractivity contribution in [2.24, 2.45) is 5.92 Å². The molecule has 0 aromatic carbocycles. The van der Waals surface area contributed by atoms with Gasteiger partial charge in [-0.25, -0.2) is 4.79 Å². The maximum Gasteiger partial charge on any atom is 0.407 e. The van der Waals surface area contributed by atoms with Crippen LogP contribution in [0.4, 0.5) is 4.79 Å². The number of hydrogen-bond donors (Lipinski definition) is 1. The Morgan fingerprint density at radius 1 is 0.737 bits per heavy atom. The number of carbonyl (C=O) groups excluding carboxylic acids is 2. The first-order valence-electron chi connectivity index (χ1n) is 15.3. The highest BCUT2D eigenvalue weighted by atomic mass is 16.7. The molecule has 0 saturated heterocycles. The van der Waals surface area contributed by atoms with Crippen molar-refractivity contribution in [3.63, 3.8) is 0 Å². The molecular formula is C30H60N2O6. The number of unbranched alkanes of at least 4 members (excludes halogenated alkanes) is 10.